The third kappa shape index (κ3) is 5.08. The summed E-state index contributed by atoms with van der Waals surface area (Å²) in [6, 6.07) is 7.25. The topological polar surface area (TPSA) is 67.4 Å². The maximum Gasteiger partial charge on any atom is 0.229 e. The zero-order chi connectivity index (χ0) is 13.7. The van der Waals surface area contributed by atoms with Crippen LogP contribution in [0.3, 0.4) is 0 Å². The Kier molecular flexibility index (Phi) is 4.66. The second-order valence-corrected chi connectivity index (χ2v) is 6.66. The highest BCUT2D eigenvalue weighted by Gasteiger charge is 2.13. The average Bonchev–Trinajstić information content (AvgIpc) is 2.37. The van der Waals surface area contributed by atoms with Gasteiger partial charge in [0, 0.05) is 24.5 Å². The fourth-order valence-corrected chi connectivity index (χ4v) is 2.67. The van der Waals surface area contributed by atoms with Gasteiger partial charge < -0.3 is 10.1 Å². The molecule has 1 unspecified atom stereocenters. The van der Waals surface area contributed by atoms with Crippen LogP contribution in [0.2, 0.25) is 0 Å². The van der Waals surface area contributed by atoms with E-state index >= 15 is 0 Å². The van der Waals surface area contributed by atoms with Crippen molar-refractivity contribution in [2.45, 2.75) is 12.8 Å². The molecule has 1 heterocycles. The van der Waals surface area contributed by atoms with E-state index in [9.17, 15) is 8.42 Å². The minimum absolute atomic E-state index is 0.558. The molecule has 106 valence electrons. The van der Waals surface area contributed by atoms with Gasteiger partial charge in [0.15, 0.2) is 0 Å². The Morgan fingerprint density at radius 1 is 1.26 bits per heavy atom. The van der Waals surface area contributed by atoms with Gasteiger partial charge in [-0.3, -0.25) is 4.72 Å². The molecule has 2 N–H and O–H groups in total. The second kappa shape index (κ2) is 6.25. The molecule has 5 nitrogen and oxygen atoms in total. The first-order valence-electron chi connectivity index (χ1n) is 6.42. The Hall–Kier alpha value is -1.27. The zero-order valence-corrected chi connectivity index (χ0v) is 11.9. The lowest BCUT2D eigenvalue weighted by Crippen LogP contribution is -2.24. The molecule has 1 saturated heterocycles. The Bertz CT molecular complexity index is 493. The molecule has 1 aromatic carbocycles. The van der Waals surface area contributed by atoms with E-state index in [1.807, 2.05) is 12.1 Å². The number of nitrogens with one attached hydrogen (secondary N) is 2. The van der Waals surface area contributed by atoms with Gasteiger partial charge in [0.05, 0.1) is 12.9 Å². The van der Waals surface area contributed by atoms with Crippen molar-refractivity contribution in [3.05, 3.63) is 24.3 Å². The summed E-state index contributed by atoms with van der Waals surface area (Å²) >= 11 is 0. The van der Waals surface area contributed by atoms with Crippen LogP contribution < -0.4 is 10.0 Å². The van der Waals surface area contributed by atoms with E-state index in [0.717, 1.165) is 38.1 Å². The van der Waals surface area contributed by atoms with Gasteiger partial charge in [-0.1, -0.05) is 0 Å². The van der Waals surface area contributed by atoms with E-state index in [2.05, 4.69) is 10.0 Å². The summed E-state index contributed by atoms with van der Waals surface area (Å²) in [5.74, 6) is 0.558. The Labute approximate surface area is 114 Å². The SMILES string of the molecule is CS(=O)(=O)Nc1ccc(NCC2CCCOC2)cc1. The van der Waals surface area contributed by atoms with Crippen molar-refractivity contribution in [1.29, 1.82) is 0 Å². The number of anilines is 2. The number of sulfonamides is 1. The first-order valence-corrected chi connectivity index (χ1v) is 8.31. The first-order chi connectivity index (χ1) is 9.03. The van der Waals surface area contributed by atoms with E-state index < -0.39 is 10.0 Å². The van der Waals surface area contributed by atoms with Crippen molar-refractivity contribution in [2.24, 2.45) is 5.92 Å². The molecule has 0 saturated carbocycles. The molecular formula is C13H20N2O3S. The summed E-state index contributed by atoms with van der Waals surface area (Å²) in [7, 11) is -3.21. The highest BCUT2D eigenvalue weighted by atomic mass is 32.2. The summed E-state index contributed by atoms with van der Waals surface area (Å²) in [6.07, 6.45) is 3.46. The van der Waals surface area contributed by atoms with Crippen molar-refractivity contribution in [1.82, 2.24) is 0 Å². The van der Waals surface area contributed by atoms with Crippen molar-refractivity contribution in [2.75, 3.05) is 36.1 Å². The minimum Gasteiger partial charge on any atom is -0.385 e. The van der Waals surface area contributed by atoms with Crippen molar-refractivity contribution in [3.8, 4) is 0 Å². The quantitative estimate of drug-likeness (QED) is 0.866. The van der Waals surface area contributed by atoms with Crippen LogP contribution in [0.4, 0.5) is 11.4 Å². The largest absolute Gasteiger partial charge is 0.385 e. The molecule has 0 bridgehead atoms. The van der Waals surface area contributed by atoms with Gasteiger partial charge in [0.2, 0.25) is 10.0 Å². The van der Waals surface area contributed by atoms with Gasteiger partial charge in [-0.25, -0.2) is 8.42 Å². The number of hydrogen-bond donors (Lipinski definition) is 2. The molecule has 19 heavy (non-hydrogen) atoms. The molecule has 1 aliphatic rings. The fourth-order valence-electron chi connectivity index (χ4n) is 2.10. The van der Waals surface area contributed by atoms with E-state index in [1.54, 1.807) is 12.1 Å². The summed E-state index contributed by atoms with van der Waals surface area (Å²) in [5, 5.41) is 3.35. The third-order valence-corrected chi connectivity index (χ3v) is 3.64. The fraction of sp³-hybridized carbons (Fsp3) is 0.538. The van der Waals surface area contributed by atoms with Crippen LogP contribution in [0.15, 0.2) is 24.3 Å². The molecule has 1 aromatic rings. The van der Waals surface area contributed by atoms with Crippen molar-refractivity contribution in [3.63, 3.8) is 0 Å². The van der Waals surface area contributed by atoms with Crippen LogP contribution in [-0.2, 0) is 14.8 Å². The molecule has 2 rings (SSSR count). The predicted octanol–water partition coefficient (Wildman–Crippen LogP) is 1.90. The molecule has 0 aromatic heterocycles. The highest BCUT2D eigenvalue weighted by molar-refractivity contribution is 7.92. The normalized spacial score (nSPS) is 19.9. The molecule has 0 radical (unpaired) electrons. The highest BCUT2D eigenvalue weighted by Crippen LogP contribution is 2.17. The zero-order valence-electron chi connectivity index (χ0n) is 11.1. The van der Waals surface area contributed by atoms with E-state index in [4.69, 9.17) is 4.74 Å². The minimum atomic E-state index is -3.21. The van der Waals surface area contributed by atoms with Crippen LogP contribution in [0.25, 0.3) is 0 Å². The van der Waals surface area contributed by atoms with Gasteiger partial charge in [-0.2, -0.15) is 0 Å². The first kappa shape index (κ1) is 14.1. The van der Waals surface area contributed by atoms with Crippen molar-refractivity contribution < 1.29 is 13.2 Å². The van der Waals surface area contributed by atoms with E-state index in [1.165, 1.54) is 6.42 Å². The second-order valence-electron chi connectivity index (χ2n) is 4.92. The van der Waals surface area contributed by atoms with Crippen molar-refractivity contribution >= 4 is 21.4 Å². The van der Waals surface area contributed by atoms with Crippen LogP contribution in [0, 0.1) is 5.92 Å². The maximum absolute atomic E-state index is 11.1. The monoisotopic (exact) mass is 284 g/mol. The molecule has 0 spiro atoms. The molecule has 1 atom stereocenters. The number of benzene rings is 1. The smallest absolute Gasteiger partial charge is 0.229 e. The lowest BCUT2D eigenvalue weighted by atomic mass is 10.0. The Morgan fingerprint density at radius 2 is 1.95 bits per heavy atom. The van der Waals surface area contributed by atoms with Gasteiger partial charge in [-0.15, -0.1) is 0 Å². The molecule has 1 fully saturated rings. The van der Waals surface area contributed by atoms with E-state index in [-0.39, 0.29) is 0 Å². The third-order valence-electron chi connectivity index (χ3n) is 3.04. The summed E-state index contributed by atoms with van der Waals surface area (Å²) < 4.78 is 30.0. The summed E-state index contributed by atoms with van der Waals surface area (Å²) in [5.41, 5.74) is 1.57. The Balaban J connectivity index is 1.84. The molecule has 1 aliphatic heterocycles. The van der Waals surface area contributed by atoms with Gasteiger partial charge in [0.1, 0.15) is 0 Å². The van der Waals surface area contributed by atoms with Crippen LogP contribution in [0.1, 0.15) is 12.8 Å². The Morgan fingerprint density at radius 3 is 2.53 bits per heavy atom. The summed E-state index contributed by atoms with van der Waals surface area (Å²) in [4.78, 5) is 0. The van der Waals surface area contributed by atoms with Gasteiger partial charge in [-0.05, 0) is 43.0 Å². The van der Waals surface area contributed by atoms with Gasteiger partial charge in [0.25, 0.3) is 0 Å². The van der Waals surface area contributed by atoms with E-state index in [0.29, 0.717) is 11.6 Å². The molecule has 6 heteroatoms. The number of rotatable bonds is 5. The van der Waals surface area contributed by atoms with Crippen LogP contribution in [-0.4, -0.2) is 34.4 Å². The molecule has 0 aliphatic carbocycles. The number of hydrogen-bond acceptors (Lipinski definition) is 4. The predicted molar refractivity (Wildman–Crippen MR) is 76.9 cm³/mol. The number of ether oxygens (including phenoxy) is 1. The maximum atomic E-state index is 11.1. The lowest BCUT2D eigenvalue weighted by molar-refractivity contribution is 0.0595. The van der Waals surface area contributed by atoms with Crippen LogP contribution >= 0.6 is 0 Å². The molecule has 0 amide bonds. The summed E-state index contributed by atoms with van der Waals surface area (Å²) in [6.45, 7) is 2.59. The van der Waals surface area contributed by atoms with Gasteiger partial charge >= 0.3 is 0 Å². The standard InChI is InChI=1S/C13H20N2O3S/c1-19(16,17)15-13-6-4-12(5-7-13)14-9-11-3-2-8-18-10-11/h4-7,11,14-15H,2-3,8-10H2,1H3. The average molecular weight is 284 g/mol. The lowest BCUT2D eigenvalue weighted by Gasteiger charge is -2.22. The molecular weight excluding hydrogens is 264 g/mol. The van der Waals surface area contributed by atoms with Crippen LogP contribution in [0.5, 0.6) is 0 Å².